The summed E-state index contributed by atoms with van der Waals surface area (Å²) in [6.45, 7) is 7.32. The minimum absolute atomic E-state index is 0.0988. The van der Waals surface area contributed by atoms with Crippen LogP contribution in [0.2, 0.25) is 0 Å². The largest absolute Gasteiger partial charge is 0.469 e. The molecule has 4 aliphatic carbocycles. The summed E-state index contributed by atoms with van der Waals surface area (Å²) in [5.74, 6) is 3.45. The third-order valence-corrected chi connectivity index (χ3v) is 10.8. The Morgan fingerprint density at radius 2 is 1.80 bits per heavy atom. The van der Waals surface area contributed by atoms with Gasteiger partial charge in [-0.25, -0.2) is 0 Å². The van der Waals surface area contributed by atoms with Crippen molar-refractivity contribution in [3.63, 3.8) is 0 Å². The molecule has 0 aromatic rings. The van der Waals surface area contributed by atoms with Gasteiger partial charge in [0.05, 0.1) is 7.11 Å². The molecule has 11 atom stereocenters. The molecule has 0 aromatic heterocycles. The zero-order valence-electron chi connectivity index (χ0n) is 19.6. The maximum atomic E-state index is 11.7. The van der Waals surface area contributed by atoms with Crippen molar-refractivity contribution < 1.29 is 9.53 Å². The van der Waals surface area contributed by atoms with Crippen LogP contribution in [0.5, 0.6) is 0 Å². The predicted molar refractivity (Wildman–Crippen MR) is 120 cm³/mol. The number of hydrogen-bond acceptors (Lipinski definition) is 5. The van der Waals surface area contributed by atoms with Gasteiger partial charge in [-0.15, -0.1) is 0 Å². The first-order valence-corrected chi connectivity index (χ1v) is 12.5. The number of methoxy groups -OCH3 is 1. The van der Waals surface area contributed by atoms with Gasteiger partial charge in [0.25, 0.3) is 0 Å². The monoisotopic (exact) mass is 419 g/mol. The van der Waals surface area contributed by atoms with Crippen molar-refractivity contribution in [2.75, 3.05) is 7.11 Å². The number of nitrogens with two attached hydrogens (primary N) is 3. The van der Waals surface area contributed by atoms with Gasteiger partial charge in [0.1, 0.15) is 0 Å². The fraction of sp³-hybridized carbons (Fsp3) is 0.960. The van der Waals surface area contributed by atoms with E-state index in [-0.39, 0.29) is 23.5 Å². The van der Waals surface area contributed by atoms with Crippen LogP contribution in [-0.4, -0.2) is 31.2 Å². The first-order valence-electron chi connectivity index (χ1n) is 12.5. The van der Waals surface area contributed by atoms with Crippen molar-refractivity contribution in [1.82, 2.24) is 0 Å². The van der Waals surface area contributed by atoms with E-state index in [1.54, 1.807) is 0 Å². The van der Waals surface area contributed by atoms with E-state index < -0.39 is 0 Å². The molecule has 0 amide bonds. The Kier molecular flexibility index (Phi) is 6.04. The Bertz CT molecular complexity index is 656. The van der Waals surface area contributed by atoms with E-state index in [0.717, 1.165) is 32.1 Å². The molecule has 172 valence electrons. The second-order valence-corrected chi connectivity index (χ2v) is 11.9. The molecule has 0 radical (unpaired) electrons. The highest BCUT2D eigenvalue weighted by Crippen LogP contribution is 2.67. The lowest BCUT2D eigenvalue weighted by atomic mass is 9.42. The number of esters is 1. The fourth-order valence-electron chi connectivity index (χ4n) is 9.02. The molecule has 5 nitrogen and oxygen atoms in total. The summed E-state index contributed by atoms with van der Waals surface area (Å²) >= 11 is 0. The first kappa shape index (κ1) is 22.5. The zero-order chi connectivity index (χ0) is 21.8. The number of hydrogen-bond donors (Lipinski definition) is 3. The standard InChI is InChI=1S/C25H45N3O2/c1-14(5-8-22(29)30-4)17-6-7-18-23-19(13-21(28)25(17,18)3)24(2)10-9-16(26)11-15(24)12-20(23)27/h14-21,23H,5-13,26-28H2,1-4H3/t14-,15+,16-,17-,18+,19+,20-,21+,23+,24+,25-/m1/s1. The summed E-state index contributed by atoms with van der Waals surface area (Å²) in [6, 6.07) is 0.843. The minimum atomic E-state index is -0.0988. The van der Waals surface area contributed by atoms with Crippen LogP contribution in [0.15, 0.2) is 0 Å². The Balaban J connectivity index is 1.58. The van der Waals surface area contributed by atoms with Gasteiger partial charge in [-0.2, -0.15) is 0 Å². The number of fused-ring (bicyclic) bond motifs is 5. The lowest BCUT2D eigenvalue weighted by Crippen LogP contribution is -2.65. The summed E-state index contributed by atoms with van der Waals surface area (Å²) in [7, 11) is 1.48. The van der Waals surface area contributed by atoms with E-state index in [4.69, 9.17) is 21.9 Å². The highest BCUT2D eigenvalue weighted by molar-refractivity contribution is 5.69. The molecule has 0 saturated heterocycles. The summed E-state index contributed by atoms with van der Waals surface area (Å²) in [5.41, 5.74) is 20.9. The first-order chi connectivity index (χ1) is 14.1. The third-order valence-electron chi connectivity index (χ3n) is 10.8. The van der Waals surface area contributed by atoms with Gasteiger partial charge in [-0.1, -0.05) is 20.8 Å². The quantitative estimate of drug-likeness (QED) is 0.606. The van der Waals surface area contributed by atoms with Crippen molar-refractivity contribution in [1.29, 1.82) is 0 Å². The molecule has 0 bridgehead atoms. The Morgan fingerprint density at radius 1 is 1.07 bits per heavy atom. The molecule has 0 aromatic carbocycles. The van der Waals surface area contributed by atoms with E-state index in [1.807, 2.05) is 0 Å². The highest BCUT2D eigenvalue weighted by atomic mass is 16.5. The summed E-state index contributed by atoms with van der Waals surface area (Å²) < 4.78 is 4.88. The van der Waals surface area contributed by atoms with Crippen LogP contribution in [0.4, 0.5) is 0 Å². The van der Waals surface area contributed by atoms with Gasteiger partial charge in [-0.05, 0) is 97.7 Å². The molecule has 0 unspecified atom stereocenters. The maximum Gasteiger partial charge on any atom is 0.305 e. The molecule has 0 spiro atoms. The second-order valence-electron chi connectivity index (χ2n) is 11.9. The molecule has 5 heteroatoms. The van der Waals surface area contributed by atoms with Gasteiger partial charge in [-0.3, -0.25) is 4.79 Å². The molecular formula is C25H45N3O2. The van der Waals surface area contributed by atoms with Crippen LogP contribution in [0.25, 0.3) is 0 Å². The summed E-state index contributed by atoms with van der Waals surface area (Å²) in [4.78, 5) is 11.7. The smallest absolute Gasteiger partial charge is 0.305 e. The summed E-state index contributed by atoms with van der Waals surface area (Å²) in [5, 5.41) is 0. The molecule has 4 rings (SSSR count). The van der Waals surface area contributed by atoms with Crippen molar-refractivity contribution in [3.05, 3.63) is 0 Å². The van der Waals surface area contributed by atoms with Crippen molar-refractivity contribution >= 4 is 5.97 Å². The van der Waals surface area contributed by atoms with Gasteiger partial charge < -0.3 is 21.9 Å². The van der Waals surface area contributed by atoms with Gasteiger partial charge in [0, 0.05) is 24.5 Å². The van der Waals surface area contributed by atoms with Crippen molar-refractivity contribution in [3.8, 4) is 0 Å². The number of carbonyl (C=O) groups is 1. The molecule has 30 heavy (non-hydrogen) atoms. The van der Waals surface area contributed by atoms with Crippen LogP contribution >= 0.6 is 0 Å². The minimum Gasteiger partial charge on any atom is -0.469 e. The molecule has 0 aliphatic heterocycles. The number of carbonyl (C=O) groups excluding carboxylic acids is 1. The van der Waals surface area contributed by atoms with E-state index in [1.165, 1.54) is 26.4 Å². The topological polar surface area (TPSA) is 104 Å². The Hall–Kier alpha value is -0.650. The second kappa shape index (κ2) is 8.04. The van der Waals surface area contributed by atoms with Gasteiger partial charge >= 0.3 is 5.97 Å². The Labute approximate surface area is 183 Å². The average Bonchev–Trinajstić information content (AvgIpc) is 3.06. The van der Waals surface area contributed by atoms with Gasteiger partial charge in [0.15, 0.2) is 0 Å². The lowest BCUT2D eigenvalue weighted by Gasteiger charge is -2.64. The van der Waals surface area contributed by atoms with Crippen molar-refractivity contribution in [2.45, 2.75) is 96.7 Å². The molecule has 4 fully saturated rings. The zero-order valence-corrected chi connectivity index (χ0v) is 19.6. The predicted octanol–water partition coefficient (Wildman–Crippen LogP) is 3.44. The van der Waals surface area contributed by atoms with E-state index in [9.17, 15) is 4.79 Å². The van der Waals surface area contributed by atoms with Crippen molar-refractivity contribution in [2.24, 2.45) is 63.5 Å². The van der Waals surface area contributed by atoms with E-state index in [0.29, 0.717) is 53.4 Å². The normalized spacial score (nSPS) is 51.4. The molecule has 4 aliphatic rings. The SMILES string of the molecule is COC(=O)CC[C@@H](C)[C@H]1CC[C@H]2[C@@H]3[C@H](N)C[C@@H]4C[C@H](N)CC[C@]4(C)[C@H]3C[C@H](N)[C@]12C. The van der Waals surface area contributed by atoms with E-state index >= 15 is 0 Å². The lowest BCUT2D eigenvalue weighted by molar-refractivity contribution is -0.142. The Morgan fingerprint density at radius 3 is 2.50 bits per heavy atom. The number of ether oxygens (including phenoxy) is 1. The fourth-order valence-corrected chi connectivity index (χ4v) is 9.02. The maximum absolute atomic E-state index is 11.7. The molecule has 4 saturated carbocycles. The van der Waals surface area contributed by atoms with Crippen LogP contribution < -0.4 is 17.2 Å². The highest BCUT2D eigenvalue weighted by Gasteiger charge is 2.64. The van der Waals surface area contributed by atoms with Crippen LogP contribution in [0, 0.1) is 46.3 Å². The average molecular weight is 420 g/mol. The van der Waals surface area contributed by atoms with Gasteiger partial charge in [0.2, 0.25) is 0 Å². The van der Waals surface area contributed by atoms with Crippen LogP contribution in [0.3, 0.4) is 0 Å². The van der Waals surface area contributed by atoms with Crippen LogP contribution in [-0.2, 0) is 9.53 Å². The molecular weight excluding hydrogens is 374 g/mol. The molecule has 0 heterocycles. The summed E-state index contributed by atoms with van der Waals surface area (Å²) in [6.07, 6.45) is 9.63. The van der Waals surface area contributed by atoms with Crippen LogP contribution in [0.1, 0.15) is 78.6 Å². The third kappa shape index (κ3) is 3.34. The van der Waals surface area contributed by atoms with E-state index in [2.05, 4.69) is 20.8 Å². The number of rotatable bonds is 4. The molecule has 6 N–H and O–H groups in total.